The average Bonchev–Trinajstić information content (AvgIpc) is 2.85. The minimum absolute atomic E-state index is 0.0217. The van der Waals surface area contributed by atoms with Gasteiger partial charge in [-0.25, -0.2) is 0 Å². The summed E-state index contributed by atoms with van der Waals surface area (Å²) >= 11 is 0. The fourth-order valence-electron chi connectivity index (χ4n) is 5.23. The Labute approximate surface area is 232 Å². The standard InChI is InChI=1S/C31H57NO6/c1-2-3-4-5-6-7-8-9-10-11-12-13-14-15-16-17-18-25-32(26-19-22-29(33)34,27-20-23-30(35)36)28-21-24-31(37)38/h9-10H,2-8,11-28H2,1H3,(H2-,33,34,35,36,37,38)/b10-9+. The van der Waals surface area contributed by atoms with E-state index in [1.807, 2.05) is 0 Å². The number of carbonyl (C=O) groups excluding carboxylic acids is 1. The van der Waals surface area contributed by atoms with E-state index in [-0.39, 0.29) is 19.3 Å². The zero-order chi connectivity index (χ0) is 28.3. The highest BCUT2D eigenvalue weighted by molar-refractivity contribution is 5.66. The molecule has 7 heteroatoms. The maximum atomic E-state index is 11.0. The molecule has 0 amide bonds. The summed E-state index contributed by atoms with van der Waals surface area (Å²) in [5.74, 6) is -2.75. The van der Waals surface area contributed by atoms with E-state index in [1.54, 1.807) is 0 Å². The maximum absolute atomic E-state index is 11.0. The number of allylic oxidation sites excluding steroid dienone is 2. The average molecular weight is 540 g/mol. The predicted molar refractivity (Wildman–Crippen MR) is 152 cm³/mol. The van der Waals surface area contributed by atoms with E-state index < -0.39 is 17.9 Å². The summed E-state index contributed by atoms with van der Waals surface area (Å²) in [6, 6.07) is 0. The largest absolute Gasteiger partial charge is 0.550 e. The molecule has 0 spiro atoms. The molecule has 0 atom stereocenters. The summed E-state index contributed by atoms with van der Waals surface area (Å²) < 4.78 is 0.610. The lowest BCUT2D eigenvalue weighted by Crippen LogP contribution is -2.51. The fourth-order valence-corrected chi connectivity index (χ4v) is 5.23. The van der Waals surface area contributed by atoms with Crippen molar-refractivity contribution < 1.29 is 34.2 Å². The number of hydrogen-bond acceptors (Lipinski definition) is 4. The van der Waals surface area contributed by atoms with Crippen molar-refractivity contribution >= 4 is 17.9 Å². The lowest BCUT2D eigenvalue weighted by molar-refractivity contribution is -0.929. The van der Waals surface area contributed by atoms with E-state index in [0.29, 0.717) is 43.4 Å². The smallest absolute Gasteiger partial charge is 0.303 e. The van der Waals surface area contributed by atoms with Crippen LogP contribution in [0.25, 0.3) is 0 Å². The number of hydrogen-bond donors (Lipinski definition) is 2. The Hall–Kier alpha value is -1.89. The van der Waals surface area contributed by atoms with Crippen LogP contribution in [0.3, 0.4) is 0 Å². The lowest BCUT2D eigenvalue weighted by Gasteiger charge is -2.39. The van der Waals surface area contributed by atoms with Crippen LogP contribution in [-0.2, 0) is 14.4 Å². The number of unbranched alkanes of at least 4 members (excludes halogenated alkanes) is 13. The Morgan fingerprint density at radius 1 is 0.553 bits per heavy atom. The molecule has 0 radical (unpaired) electrons. The van der Waals surface area contributed by atoms with Crippen LogP contribution in [0.5, 0.6) is 0 Å². The Morgan fingerprint density at radius 2 is 0.921 bits per heavy atom. The number of carbonyl (C=O) groups is 3. The SMILES string of the molecule is CCCCCCCC/C=C/CCCCCCCCC[N+](CCCC(=O)[O-])(CCCC(=O)O)CCCC(=O)O. The zero-order valence-corrected chi connectivity index (χ0v) is 24.3. The van der Waals surface area contributed by atoms with Gasteiger partial charge in [-0.3, -0.25) is 9.59 Å². The van der Waals surface area contributed by atoms with E-state index >= 15 is 0 Å². The van der Waals surface area contributed by atoms with Crippen LogP contribution >= 0.6 is 0 Å². The quantitative estimate of drug-likeness (QED) is 0.0638. The molecular formula is C31H57NO6. The molecular weight excluding hydrogens is 482 g/mol. The van der Waals surface area contributed by atoms with Crippen molar-refractivity contribution in [2.24, 2.45) is 0 Å². The highest BCUT2D eigenvalue weighted by atomic mass is 16.4. The van der Waals surface area contributed by atoms with E-state index in [9.17, 15) is 19.5 Å². The van der Waals surface area contributed by atoms with Gasteiger partial charge in [0.15, 0.2) is 0 Å². The molecule has 0 aliphatic carbocycles. The van der Waals surface area contributed by atoms with Gasteiger partial charge in [0.05, 0.1) is 39.0 Å². The second-order valence-electron chi connectivity index (χ2n) is 11.0. The highest BCUT2D eigenvalue weighted by Gasteiger charge is 2.26. The molecule has 0 rings (SSSR count). The molecule has 0 aliphatic heterocycles. The summed E-state index contributed by atoms with van der Waals surface area (Å²) in [7, 11) is 0. The summed E-state index contributed by atoms with van der Waals surface area (Å²) in [4.78, 5) is 33.0. The van der Waals surface area contributed by atoms with Crippen molar-refractivity contribution in [3.63, 3.8) is 0 Å². The van der Waals surface area contributed by atoms with E-state index in [1.165, 1.54) is 77.0 Å². The van der Waals surface area contributed by atoms with Crippen LogP contribution in [-0.4, -0.2) is 58.8 Å². The van der Waals surface area contributed by atoms with Crippen LogP contribution in [0.4, 0.5) is 0 Å². The molecule has 0 aromatic carbocycles. The number of nitrogens with zero attached hydrogens (tertiary/aromatic N) is 1. The summed E-state index contributed by atoms with van der Waals surface area (Å²) in [5, 5.41) is 29.1. The summed E-state index contributed by atoms with van der Waals surface area (Å²) in [5.41, 5.74) is 0. The third kappa shape index (κ3) is 24.4. The first kappa shape index (κ1) is 36.1. The zero-order valence-electron chi connectivity index (χ0n) is 24.3. The molecule has 0 heterocycles. The maximum Gasteiger partial charge on any atom is 0.303 e. The van der Waals surface area contributed by atoms with Gasteiger partial charge in [0.1, 0.15) is 0 Å². The second-order valence-corrected chi connectivity index (χ2v) is 11.0. The van der Waals surface area contributed by atoms with Crippen molar-refractivity contribution in [3.8, 4) is 0 Å². The van der Waals surface area contributed by atoms with Gasteiger partial charge in [-0.05, 0) is 44.9 Å². The van der Waals surface area contributed by atoms with E-state index in [0.717, 1.165) is 25.8 Å². The number of carboxylic acid groups (broad SMARTS) is 3. The van der Waals surface area contributed by atoms with Gasteiger partial charge in [-0.1, -0.05) is 76.9 Å². The molecule has 2 N–H and O–H groups in total. The van der Waals surface area contributed by atoms with Crippen molar-refractivity contribution in [3.05, 3.63) is 12.2 Å². The van der Waals surface area contributed by atoms with Gasteiger partial charge in [0.2, 0.25) is 0 Å². The molecule has 38 heavy (non-hydrogen) atoms. The number of aliphatic carboxylic acids is 3. The van der Waals surface area contributed by atoms with Crippen molar-refractivity contribution in [2.45, 2.75) is 142 Å². The molecule has 0 unspecified atom stereocenters. The normalized spacial score (nSPS) is 11.8. The lowest BCUT2D eigenvalue weighted by atomic mass is 10.1. The first-order valence-corrected chi connectivity index (χ1v) is 15.4. The van der Waals surface area contributed by atoms with Crippen molar-refractivity contribution in [1.82, 2.24) is 0 Å². The molecule has 0 fully saturated rings. The number of rotatable bonds is 29. The molecule has 0 saturated carbocycles. The second kappa shape index (κ2) is 25.4. The monoisotopic (exact) mass is 539 g/mol. The van der Waals surface area contributed by atoms with Crippen molar-refractivity contribution in [1.29, 1.82) is 0 Å². The van der Waals surface area contributed by atoms with Gasteiger partial charge in [-0.2, -0.15) is 0 Å². The molecule has 0 aliphatic rings. The van der Waals surface area contributed by atoms with Crippen molar-refractivity contribution in [2.75, 3.05) is 26.2 Å². The molecule has 7 nitrogen and oxygen atoms in total. The topological polar surface area (TPSA) is 115 Å². The Bertz CT molecular complexity index is 584. The van der Waals surface area contributed by atoms with Gasteiger partial charge in [-0.15, -0.1) is 0 Å². The highest BCUT2D eigenvalue weighted by Crippen LogP contribution is 2.18. The van der Waals surface area contributed by atoms with E-state index in [4.69, 9.17) is 10.2 Å². The molecule has 0 saturated heterocycles. The van der Waals surface area contributed by atoms with Gasteiger partial charge in [0, 0.05) is 25.2 Å². The van der Waals surface area contributed by atoms with Crippen LogP contribution < -0.4 is 5.11 Å². The van der Waals surface area contributed by atoms with Crippen LogP contribution in [0.15, 0.2) is 12.2 Å². The predicted octanol–water partition coefficient (Wildman–Crippen LogP) is 6.49. The van der Waals surface area contributed by atoms with Crippen LogP contribution in [0.2, 0.25) is 0 Å². The Balaban J connectivity index is 4.25. The molecule has 222 valence electrons. The first-order valence-electron chi connectivity index (χ1n) is 15.4. The third-order valence-corrected chi connectivity index (χ3v) is 7.45. The molecule has 0 aromatic heterocycles. The number of carboxylic acids is 3. The Morgan fingerprint density at radius 3 is 1.34 bits per heavy atom. The summed E-state index contributed by atoms with van der Waals surface area (Å²) in [6.07, 6.45) is 25.0. The third-order valence-electron chi connectivity index (χ3n) is 7.45. The first-order chi connectivity index (χ1) is 18.3. The summed E-state index contributed by atoms with van der Waals surface area (Å²) in [6.45, 7) is 5.01. The van der Waals surface area contributed by atoms with Gasteiger partial charge >= 0.3 is 11.9 Å². The minimum Gasteiger partial charge on any atom is -0.550 e. The molecule has 0 bridgehead atoms. The van der Waals surface area contributed by atoms with Crippen LogP contribution in [0, 0.1) is 0 Å². The number of quaternary nitrogens is 1. The minimum atomic E-state index is -1.08. The van der Waals surface area contributed by atoms with E-state index in [2.05, 4.69) is 19.1 Å². The van der Waals surface area contributed by atoms with Gasteiger partial charge in [0.25, 0.3) is 0 Å². The fraction of sp³-hybridized carbons (Fsp3) is 0.839. The van der Waals surface area contributed by atoms with Crippen LogP contribution in [0.1, 0.15) is 142 Å². The molecule has 0 aromatic rings. The van der Waals surface area contributed by atoms with Gasteiger partial charge < -0.3 is 24.6 Å². The Kier molecular flexibility index (Phi) is 24.1.